The number of amides is 1. The first-order chi connectivity index (χ1) is 9.22. The molecule has 1 heterocycles. The number of anilines is 1. The Bertz CT molecular complexity index is 490. The summed E-state index contributed by atoms with van der Waals surface area (Å²) in [6.45, 7) is 1.03. The summed E-state index contributed by atoms with van der Waals surface area (Å²) < 4.78 is 0. The van der Waals surface area contributed by atoms with Crippen molar-refractivity contribution in [3.05, 3.63) is 23.9 Å². The van der Waals surface area contributed by atoms with Crippen molar-refractivity contribution >= 4 is 11.7 Å². The number of carbonyl (C=O) groups excluding carboxylic acids is 1. The molecular formula is C15H19N3O. The number of rotatable bonds is 5. The van der Waals surface area contributed by atoms with E-state index in [9.17, 15) is 4.79 Å². The molecule has 4 aliphatic carbocycles. The lowest BCUT2D eigenvalue weighted by Crippen LogP contribution is -2.55. The molecule has 4 heteroatoms. The van der Waals surface area contributed by atoms with Crippen LogP contribution in [0.1, 0.15) is 42.5 Å². The smallest absolute Gasteiger partial charge is 0.253 e. The minimum absolute atomic E-state index is 0.000899. The zero-order chi connectivity index (χ0) is 12.9. The van der Waals surface area contributed by atoms with E-state index in [1.54, 1.807) is 6.20 Å². The minimum Gasteiger partial charge on any atom is -0.370 e. The first kappa shape index (κ1) is 11.3. The van der Waals surface area contributed by atoms with Gasteiger partial charge in [-0.3, -0.25) is 4.79 Å². The summed E-state index contributed by atoms with van der Waals surface area (Å²) in [7, 11) is 0. The van der Waals surface area contributed by atoms with Crippen molar-refractivity contribution in [2.45, 2.75) is 38.1 Å². The van der Waals surface area contributed by atoms with Crippen LogP contribution in [-0.2, 0) is 0 Å². The third-order valence-corrected chi connectivity index (χ3v) is 4.75. The number of nitrogens with zero attached hydrogens (tertiary/aromatic N) is 1. The van der Waals surface area contributed by atoms with Crippen molar-refractivity contribution in [1.82, 2.24) is 10.3 Å². The molecule has 5 rings (SSSR count). The molecule has 4 nitrogen and oxygen atoms in total. The van der Waals surface area contributed by atoms with E-state index < -0.39 is 0 Å². The topological polar surface area (TPSA) is 54.0 Å². The van der Waals surface area contributed by atoms with Crippen LogP contribution in [0.25, 0.3) is 0 Å². The van der Waals surface area contributed by atoms with Gasteiger partial charge in [-0.25, -0.2) is 4.98 Å². The van der Waals surface area contributed by atoms with Crippen LogP contribution in [0.15, 0.2) is 18.3 Å². The number of hydrogen-bond acceptors (Lipinski definition) is 3. The SMILES string of the molecule is O=C(NC1CC1)c1ccc(NCC23CC(C2)C3)nc1. The first-order valence-corrected chi connectivity index (χ1v) is 7.23. The maximum Gasteiger partial charge on any atom is 0.253 e. The van der Waals surface area contributed by atoms with E-state index in [0.717, 1.165) is 31.1 Å². The van der Waals surface area contributed by atoms with Gasteiger partial charge in [0.2, 0.25) is 0 Å². The summed E-state index contributed by atoms with van der Waals surface area (Å²) in [5, 5.41) is 6.37. The van der Waals surface area contributed by atoms with Crippen LogP contribution in [0.3, 0.4) is 0 Å². The molecule has 0 spiro atoms. The molecule has 4 saturated carbocycles. The Kier molecular flexibility index (Phi) is 2.34. The Labute approximate surface area is 113 Å². The van der Waals surface area contributed by atoms with E-state index in [4.69, 9.17) is 0 Å². The molecular weight excluding hydrogens is 238 g/mol. The van der Waals surface area contributed by atoms with Gasteiger partial charge in [-0.2, -0.15) is 0 Å². The zero-order valence-corrected chi connectivity index (χ0v) is 11.0. The number of pyridine rings is 1. The molecule has 2 bridgehead atoms. The summed E-state index contributed by atoms with van der Waals surface area (Å²) in [5.41, 5.74) is 1.23. The van der Waals surface area contributed by atoms with Gasteiger partial charge < -0.3 is 10.6 Å². The van der Waals surface area contributed by atoms with Crippen LogP contribution in [0.5, 0.6) is 0 Å². The van der Waals surface area contributed by atoms with E-state index in [-0.39, 0.29) is 5.91 Å². The highest BCUT2D eigenvalue weighted by Crippen LogP contribution is 2.64. The van der Waals surface area contributed by atoms with E-state index >= 15 is 0 Å². The molecule has 0 aromatic carbocycles. The molecule has 4 aliphatic rings. The molecule has 0 aliphatic heterocycles. The van der Waals surface area contributed by atoms with Crippen LogP contribution in [-0.4, -0.2) is 23.5 Å². The highest BCUT2D eigenvalue weighted by Gasteiger charge is 2.55. The predicted octanol–water partition coefficient (Wildman–Crippen LogP) is 2.19. The molecule has 4 fully saturated rings. The largest absolute Gasteiger partial charge is 0.370 e. The monoisotopic (exact) mass is 257 g/mol. The standard InChI is InChI=1S/C15H19N3O/c19-14(18-12-2-3-12)11-1-4-13(16-8-11)17-9-15-5-10(6-15)7-15/h1,4,8,10,12H,2-3,5-7,9H2,(H,16,17)(H,18,19). The second-order valence-corrected chi connectivity index (χ2v) is 6.51. The van der Waals surface area contributed by atoms with Gasteiger partial charge in [0.1, 0.15) is 5.82 Å². The van der Waals surface area contributed by atoms with Gasteiger partial charge in [-0.15, -0.1) is 0 Å². The van der Waals surface area contributed by atoms with Gasteiger partial charge in [0, 0.05) is 18.8 Å². The molecule has 1 amide bonds. The molecule has 0 saturated heterocycles. The molecule has 1 aromatic heterocycles. The second-order valence-electron chi connectivity index (χ2n) is 6.51. The van der Waals surface area contributed by atoms with E-state index in [0.29, 0.717) is 17.0 Å². The fourth-order valence-corrected chi connectivity index (χ4v) is 3.28. The number of hydrogen-bond donors (Lipinski definition) is 2. The van der Waals surface area contributed by atoms with Crippen molar-refractivity contribution < 1.29 is 4.79 Å². The third kappa shape index (κ3) is 2.09. The number of carbonyl (C=O) groups is 1. The lowest BCUT2D eigenvalue weighted by atomic mass is 9.44. The summed E-state index contributed by atoms with van der Waals surface area (Å²) in [6, 6.07) is 4.16. The van der Waals surface area contributed by atoms with Crippen LogP contribution < -0.4 is 10.6 Å². The fraction of sp³-hybridized carbons (Fsp3) is 0.600. The molecule has 0 unspecified atom stereocenters. The molecule has 0 radical (unpaired) electrons. The Hall–Kier alpha value is -1.58. The van der Waals surface area contributed by atoms with Gasteiger partial charge in [0.15, 0.2) is 0 Å². The highest BCUT2D eigenvalue weighted by atomic mass is 16.1. The van der Waals surface area contributed by atoms with E-state index in [2.05, 4.69) is 15.6 Å². The van der Waals surface area contributed by atoms with Gasteiger partial charge in [-0.05, 0) is 55.6 Å². The summed E-state index contributed by atoms with van der Waals surface area (Å²) in [5.74, 6) is 1.90. The highest BCUT2D eigenvalue weighted by molar-refractivity contribution is 5.94. The van der Waals surface area contributed by atoms with Crippen molar-refractivity contribution in [2.24, 2.45) is 11.3 Å². The van der Waals surface area contributed by atoms with Gasteiger partial charge in [0.25, 0.3) is 5.91 Å². The van der Waals surface area contributed by atoms with E-state index in [1.807, 2.05) is 12.1 Å². The third-order valence-electron chi connectivity index (χ3n) is 4.75. The maximum atomic E-state index is 11.8. The zero-order valence-electron chi connectivity index (χ0n) is 11.0. The normalized spacial score (nSPS) is 31.1. The van der Waals surface area contributed by atoms with Gasteiger partial charge in [-0.1, -0.05) is 0 Å². The summed E-state index contributed by atoms with van der Waals surface area (Å²) >= 11 is 0. The molecule has 2 N–H and O–H groups in total. The number of aromatic nitrogens is 1. The van der Waals surface area contributed by atoms with Gasteiger partial charge >= 0.3 is 0 Å². The predicted molar refractivity (Wildman–Crippen MR) is 73.0 cm³/mol. The molecule has 0 atom stereocenters. The van der Waals surface area contributed by atoms with Crippen molar-refractivity contribution in [3.8, 4) is 0 Å². The Morgan fingerprint density at radius 2 is 2.11 bits per heavy atom. The molecule has 1 aromatic rings. The van der Waals surface area contributed by atoms with Gasteiger partial charge in [0.05, 0.1) is 5.56 Å². The first-order valence-electron chi connectivity index (χ1n) is 7.23. The van der Waals surface area contributed by atoms with Crippen molar-refractivity contribution in [1.29, 1.82) is 0 Å². The van der Waals surface area contributed by atoms with Crippen LogP contribution >= 0.6 is 0 Å². The molecule has 100 valence electrons. The number of nitrogens with one attached hydrogen (secondary N) is 2. The Morgan fingerprint density at radius 3 is 2.63 bits per heavy atom. The average molecular weight is 257 g/mol. The lowest BCUT2D eigenvalue weighted by molar-refractivity contribution is -0.0930. The van der Waals surface area contributed by atoms with E-state index in [1.165, 1.54) is 19.3 Å². The van der Waals surface area contributed by atoms with Crippen LogP contribution in [0, 0.1) is 11.3 Å². The lowest BCUT2D eigenvalue weighted by Gasteiger charge is -2.62. The van der Waals surface area contributed by atoms with Crippen molar-refractivity contribution in [2.75, 3.05) is 11.9 Å². The van der Waals surface area contributed by atoms with Crippen molar-refractivity contribution in [3.63, 3.8) is 0 Å². The average Bonchev–Trinajstić information content (AvgIpc) is 3.10. The summed E-state index contributed by atoms with van der Waals surface area (Å²) in [6.07, 6.45) is 8.07. The summed E-state index contributed by atoms with van der Waals surface area (Å²) in [4.78, 5) is 16.1. The minimum atomic E-state index is 0.000899. The molecule has 19 heavy (non-hydrogen) atoms. The van der Waals surface area contributed by atoms with Crippen LogP contribution in [0.4, 0.5) is 5.82 Å². The quantitative estimate of drug-likeness (QED) is 0.850. The fourth-order valence-electron chi connectivity index (χ4n) is 3.28. The second kappa shape index (κ2) is 3.95. The Morgan fingerprint density at radius 1 is 1.32 bits per heavy atom. The Balaban J connectivity index is 1.33. The van der Waals surface area contributed by atoms with Crippen LogP contribution in [0.2, 0.25) is 0 Å². The maximum absolute atomic E-state index is 11.8.